The van der Waals surface area contributed by atoms with Crippen LogP contribution in [0.4, 0.5) is 4.79 Å². The number of carbonyl (C=O) groups excluding carboxylic acids is 2. The van der Waals surface area contributed by atoms with Crippen molar-refractivity contribution in [2.24, 2.45) is 0 Å². The Morgan fingerprint density at radius 2 is 1.56 bits per heavy atom. The molecular formula is C25H30BNO5. The van der Waals surface area contributed by atoms with E-state index >= 15 is 0 Å². The molecule has 168 valence electrons. The van der Waals surface area contributed by atoms with Crippen LogP contribution in [0.5, 0.6) is 0 Å². The molecule has 2 aromatic rings. The molecule has 1 fully saturated rings. The molecule has 0 bridgehead atoms. The number of rotatable bonds is 7. The average Bonchev–Trinajstić information content (AvgIpc) is 2.97. The lowest BCUT2D eigenvalue weighted by molar-refractivity contribution is 0.00578. The first-order valence-electron chi connectivity index (χ1n) is 10.7. The number of nitrogens with one attached hydrogen (secondary N) is 1. The van der Waals surface area contributed by atoms with Gasteiger partial charge in [0.05, 0.1) is 11.2 Å². The second-order valence-corrected chi connectivity index (χ2v) is 8.90. The van der Waals surface area contributed by atoms with Crippen LogP contribution in [0, 0.1) is 0 Å². The fraction of sp³-hybridized carbons (Fsp3) is 0.360. The fourth-order valence-electron chi connectivity index (χ4n) is 3.17. The zero-order valence-corrected chi connectivity index (χ0v) is 19.3. The van der Waals surface area contributed by atoms with Gasteiger partial charge in [0.2, 0.25) is 0 Å². The Bertz CT molecular complexity index is 967. The predicted molar refractivity (Wildman–Crippen MR) is 125 cm³/mol. The number of benzene rings is 2. The molecule has 0 atom stereocenters. The van der Waals surface area contributed by atoms with Gasteiger partial charge in [-0.1, -0.05) is 60.7 Å². The summed E-state index contributed by atoms with van der Waals surface area (Å²) in [6.07, 6.45) is 1.38. The van der Waals surface area contributed by atoms with E-state index < -0.39 is 24.4 Å². The van der Waals surface area contributed by atoms with Gasteiger partial charge in [0.25, 0.3) is 0 Å². The second-order valence-electron chi connectivity index (χ2n) is 8.90. The van der Waals surface area contributed by atoms with Crippen molar-refractivity contribution in [3.8, 4) is 0 Å². The highest BCUT2D eigenvalue weighted by atomic mass is 16.7. The molecule has 7 heteroatoms. The largest absolute Gasteiger partial charge is 0.492 e. The lowest BCUT2D eigenvalue weighted by Crippen LogP contribution is -2.41. The number of hydrogen-bond donors (Lipinski definition) is 1. The molecule has 6 nitrogen and oxygen atoms in total. The minimum Gasteiger partial charge on any atom is -0.445 e. The van der Waals surface area contributed by atoms with Gasteiger partial charge in [0.1, 0.15) is 6.61 Å². The van der Waals surface area contributed by atoms with Crippen LogP contribution in [0.2, 0.25) is 0 Å². The summed E-state index contributed by atoms with van der Waals surface area (Å²) in [4.78, 5) is 23.8. The molecule has 1 N–H and O–H groups in total. The maximum atomic E-state index is 12.3. The molecule has 0 aliphatic carbocycles. The Balaban J connectivity index is 1.73. The lowest BCUT2D eigenvalue weighted by Gasteiger charge is -2.32. The molecule has 1 heterocycles. The minimum atomic E-state index is -0.623. The van der Waals surface area contributed by atoms with Gasteiger partial charge >= 0.3 is 13.2 Å². The van der Waals surface area contributed by atoms with E-state index in [4.69, 9.17) is 14.0 Å². The number of amides is 1. The number of Topliss-reactive ketones (excluding diaryl/α,β-unsaturated/α-hetero) is 1. The number of ketones is 1. The van der Waals surface area contributed by atoms with Crippen molar-refractivity contribution < 1.29 is 23.6 Å². The first kappa shape index (κ1) is 23.8. The highest BCUT2D eigenvalue weighted by Crippen LogP contribution is 2.38. The van der Waals surface area contributed by atoms with Crippen molar-refractivity contribution in [1.82, 2.24) is 5.32 Å². The number of carbonyl (C=O) groups is 2. The molecule has 0 saturated carbocycles. The number of hydrogen-bond acceptors (Lipinski definition) is 5. The standard InChI is InChI=1S/C25H30BNO5/c1-18(28)21-13-11-19(12-14-21)15-22(26-31-24(2,3)25(4,5)32-26)16-27-23(29)30-17-20-9-7-6-8-10-20/h6-15H,16-17H2,1-5H3,(H,27,29). The Morgan fingerprint density at radius 3 is 2.12 bits per heavy atom. The molecule has 0 spiro atoms. The Hall–Kier alpha value is -2.90. The molecule has 1 amide bonds. The van der Waals surface area contributed by atoms with E-state index in [1.807, 2.05) is 76.2 Å². The summed E-state index contributed by atoms with van der Waals surface area (Å²) < 4.78 is 17.7. The molecule has 0 aromatic heterocycles. The molecule has 1 saturated heterocycles. The van der Waals surface area contributed by atoms with E-state index in [-0.39, 0.29) is 18.9 Å². The molecule has 1 aliphatic rings. The van der Waals surface area contributed by atoms with Crippen LogP contribution in [-0.4, -0.2) is 36.7 Å². The van der Waals surface area contributed by atoms with E-state index in [0.717, 1.165) is 16.6 Å². The van der Waals surface area contributed by atoms with Gasteiger partial charge in [-0.25, -0.2) is 4.79 Å². The van der Waals surface area contributed by atoms with Crippen LogP contribution in [0.3, 0.4) is 0 Å². The SMILES string of the molecule is CC(=O)c1ccc(C=C(CNC(=O)OCc2ccccc2)B2OC(C)(C)C(C)(C)O2)cc1. The zero-order valence-electron chi connectivity index (χ0n) is 19.3. The number of ether oxygens (including phenoxy) is 1. The molecule has 2 aromatic carbocycles. The maximum Gasteiger partial charge on any atom is 0.492 e. The van der Waals surface area contributed by atoms with Crippen molar-refractivity contribution >= 4 is 25.1 Å². The maximum absolute atomic E-state index is 12.3. The zero-order chi connectivity index (χ0) is 23.4. The summed E-state index contributed by atoms with van der Waals surface area (Å²) in [5.41, 5.74) is 2.15. The summed E-state index contributed by atoms with van der Waals surface area (Å²) in [6.45, 7) is 9.84. The average molecular weight is 435 g/mol. The van der Waals surface area contributed by atoms with Crippen LogP contribution in [0.1, 0.15) is 56.1 Å². The van der Waals surface area contributed by atoms with Crippen molar-refractivity contribution in [3.05, 3.63) is 76.8 Å². The fourth-order valence-corrected chi connectivity index (χ4v) is 3.17. The molecular weight excluding hydrogens is 405 g/mol. The van der Waals surface area contributed by atoms with E-state index in [1.165, 1.54) is 6.92 Å². The highest BCUT2D eigenvalue weighted by molar-refractivity contribution is 6.56. The molecule has 3 rings (SSSR count). The lowest BCUT2D eigenvalue weighted by atomic mass is 9.77. The van der Waals surface area contributed by atoms with Crippen LogP contribution in [0.15, 0.2) is 60.1 Å². The van der Waals surface area contributed by atoms with E-state index in [2.05, 4.69) is 5.32 Å². The van der Waals surface area contributed by atoms with Gasteiger partial charge in [0, 0.05) is 12.1 Å². The summed E-state index contributed by atoms with van der Waals surface area (Å²) in [5.74, 6) is 0.00883. The smallest absolute Gasteiger partial charge is 0.445 e. The van der Waals surface area contributed by atoms with Gasteiger partial charge in [0.15, 0.2) is 5.78 Å². The van der Waals surface area contributed by atoms with Gasteiger partial charge in [-0.15, -0.1) is 0 Å². The van der Waals surface area contributed by atoms with Crippen molar-refractivity contribution in [2.75, 3.05) is 6.54 Å². The van der Waals surface area contributed by atoms with Crippen LogP contribution in [-0.2, 0) is 20.7 Å². The third-order valence-electron chi connectivity index (χ3n) is 5.87. The highest BCUT2D eigenvalue weighted by Gasteiger charge is 2.52. The third-order valence-corrected chi connectivity index (χ3v) is 5.87. The van der Waals surface area contributed by atoms with E-state index in [0.29, 0.717) is 5.56 Å². The molecule has 0 radical (unpaired) electrons. The summed E-state index contributed by atoms with van der Waals surface area (Å²) in [7, 11) is -0.623. The van der Waals surface area contributed by atoms with Crippen LogP contribution >= 0.6 is 0 Å². The Labute approximate surface area is 190 Å². The van der Waals surface area contributed by atoms with Crippen molar-refractivity contribution in [3.63, 3.8) is 0 Å². The first-order valence-corrected chi connectivity index (χ1v) is 10.7. The van der Waals surface area contributed by atoms with Gasteiger partial charge in [-0.2, -0.15) is 0 Å². The Kier molecular flexibility index (Phi) is 7.21. The normalized spacial score (nSPS) is 17.2. The quantitative estimate of drug-likeness (QED) is 0.498. The molecule has 1 aliphatic heterocycles. The molecule has 0 unspecified atom stereocenters. The summed E-state index contributed by atoms with van der Waals surface area (Å²) in [6, 6.07) is 16.8. The number of alkyl carbamates (subject to hydrolysis) is 1. The summed E-state index contributed by atoms with van der Waals surface area (Å²) in [5, 5.41) is 2.79. The van der Waals surface area contributed by atoms with E-state index in [9.17, 15) is 9.59 Å². The van der Waals surface area contributed by atoms with Crippen molar-refractivity contribution in [1.29, 1.82) is 0 Å². The third kappa shape index (κ3) is 5.87. The van der Waals surface area contributed by atoms with Crippen LogP contribution in [0.25, 0.3) is 6.08 Å². The second kappa shape index (κ2) is 9.71. The summed E-state index contributed by atoms with van der Waals surface area (Å²) >= 11 is 0. The Morgan fingerprint density at radius 1 is 0.969 bits per heavy atom. The van der Waals surface area contributed by atoms with Crippen molar-refractivity contribution in [2.45, 2.75) is 52.4 Å². The van der Waals surface area contributed by atoms with E-state index in [1.54, 1.807) is 12.1 Å². The first-order chi connectivity index (χ1) is 15.1. The van der Waals surface area contributed by atoms with Gasteiger partial charge < -0.3 is 19.4 Å². The van der Waals surface area contributed by atoms with Crippen LogP contribution < -0.4 is 5.32 Å². The predicted octanol–water partition coefficient (Wildman–Crippen LogP) is 4.83. The monoisotopic (exact) mass is 435 g/mol. The van der Waals surface area contributed by atoms with Gasteiger partial charge in [-0.05, 0) is 51.2 Å². The topological polar surface area (TPSA) is 73.9 Å². The molecule has 32 heavy (non-hydrogen) atoms. The minimum absolute atomic E-state index is 0.00883. The van der Waals surface area contributed by atoms with Gasteiger partial charge in [-0.3, -0.25) is 4.79 Å².